The molecule has 0 bridgehead atoms. The number of nitrogens with zero attached hydrogens (tertiary/aromatic N) is 1. The fraction of sp³-hybridized carbons (Fsp3) is 0.500. The number of carbonyl (C=O) groups is 1. The maximum atomic E-state index is 13.2. The lowest BCUT2D eigenvalue weighted by Gasteiger charge is -2.24. The number of likely N-dealkylation sites (tertiary alicyclic amines) is 1. The van der Waals surface area contributed by atoms with E-state index >= 15 is 0 Å². The van der Waals surface area contributed by atoms with Gasteiger partial charge >= 0.3 is 0 Å². The number of amides is 1. The number of rotatable bonds is 1. The summed E-state index contributed by atoms with van der Waals surface area (Å²) in [6, 6.07) is 3.82. The number of phenolic OH excluding ortho intramolecular Hbond substituents is 1. The van der Waals surface area contributed by atoms with E-state index in [9.17, 15) is 14.3 Å². The highest BCUT2D eigenvalue weighted by Gasteiger charge is 2.37. The number of phenols is 1. The molecule has 2 fully saturated rings. The third kappa shape index (κ3) is 2.30. The summed E-state index contributed by atoms with van der Waals surface area (Å²) in [6.07, 6.45) is 2.25. The van der Waals surface area contributed by atoms with Crippen LogP contribution >= 0.6 is 0 Å². The minimum Gasteiger partial charge on any atom is -0.507 e. The van der Waals surface area contributed by atoms with E-state index in [0.717, 1.165) is 31.5 Å². The second kappa shape index (κ2) is 4.81. The summed E-state index contributed by atoms with van der Waals surface area (Å²) in [6.45, 7) is 2.32. The van der Waals surface area contributed by atoms with Crippen molar-refractivity contribution in [2.24, 2.45) is 5.92 Å². The van der Waals surface area contributed by atoms with Crippen molar-refractivity contribution in [2.75, 3.05) is 19.6 Å². The van der Waals surface area contributed by atoms with Crippen molar-refractivity contribution < 1.29 is 14.3 Å². The van der Waals surface area contributed by atoms with E-state index in [-0.39, 0.29) is 17.2 Å². The first kappa shape index (κ1) is 12.4. The van der Waals surface area contributed by atoms with E-state index in [4.69, 9.17) is 0 Å². The number of fused-ring (bicyclic) bond motifs is 1. The van der Waals surface area contributed by atoms with Gasteiger partial charge in [0.2, 0.25) is 0 Å². The van der Waals surface area contributed by atoms with Crippen LogP contribution in [0.1, 0.15) is 23.2 Å². The SMILES string of the molecule is O=C(c1cc(F)ccc1O)N1C[C@@H]2CCCN[C@@H]2C1. The van der Waals surface area contributed by atoms with Crippen LogP contribution in [0.15, 0.2) is 18.2 Å². The number of benzene rings is 1. The molecule has 5 heteroatoms. The number of hydrogen-bond donors (Lipinski definition) is 2. The quantitative estimate of drug-likeness (QED) is 0.805. The third-order valence-electron chi connectivity index (χ3n) is 4.08. The molecule has 0 unspecified atom stereocenters. The zero-order chi connectivity index (χ0) is 13.4. The monoisotopic (exact) mass is 264 g/mol. The van der Waals surface area contributed by atoms with E-state index in [2.05, 4.69) is 5.32 Å². The van der Waals surface area contributed by atoms with E-state index < -0.39 is 5.82 Å². The Balaban J connectivity index is 1.79. The van der Waals surface area contributed by atoms with Gasteiger partial charge in [0, 0.05) is 19.1 Å². The van der Waals surface area contributed by atoms with Gasteiger partial charge in [0.1, 0.15) is 11.6 Å². The number of halogens is 1. The zero-order valence-corrected chi connectivity index (χ0v) is 10.6. The molecule has 0 radical (unpaired) electrons. The Morgan fingerprint density at radius 3 is 3.05 bits per heavy atom. The second-order valence-electron chi connectivity index (χ2n) is 5.33. The summed E-state index contributed by atoms with van der Waals surface area (Å²) in [5.41, 5.74) is 0.0543. The first-order valence-electron chi connectivity index (χ1n) is 6.66. The summed E-state index contributed by atoms with van der Waals surface area (Å²) in [5.74, 6) is -0.466. The summed E-state index contributed by atoms with van der Waals surface area (Å²) in [4.78, 5) is 14.0. The van der Waals surface area contributed by atoms with Gasteiger partial charge in [0.05, 0.1) is 5.56 Å². The predicted octanol–water partition coefficient (Wildman–Crippen LogP) is 1.36. The first-order valence-corrected chi connectivity index (χ1v) is 6.66. The lowest BCUT2D eigenvalue weighted by atomic mass is 9.94. The van der Waals surface area contributed by atoms with E-state index in [1.807, 2.05) is 0 Å². The molecule has 102 valence electrons. The lowest BCUT2D eigenvalue weighted by molar-refractivity contribution is 0.0782. The van der Waals surface area contributed by atoms with Gasteiger partial charge in [-0.3, -0.25) is 4.79 Å². The van der Waals surface area contributed by atoms with Crippen LogP contribution in [0.25, 0.3) is 0 Å². The lowest BCUT2D eigenvalue weighted by Crippen LogP contribution is -2.41. The molecular formula is C14H17FN2O2. The van der Waals surface area contributed by atoms with Crippen molar-refractivity contribution in [2.45, 2.75) is 18.9 Å². The van der Waals surface area contributed by atoms with Gasteiger partial charge in [-0.2, -0.15) is 0 Å². The number of piperidine rings is 1. The van der Waals surface area contributed by atoms with Crippen molar-refractivity contribution >= 4 is 5.91 Å². The number of carbonyl (C=O) groups excluding carboxylic acids is 1. The molecule has 4 nitrogen and oxygen atoms in total. The second-order valence-corrected chi connectivity index (χ2v) is 5.33. The van der Waals surface area contributed by atoms with Gasteiger partial charge in [-0.15, -0.1) is 0 Å². The minimum absolute atomic E-state index is 0.0543. The smallest absolute Gasteiger partial charge is 0.257 e. The predicted molar refractivity (Wildman–Crippen MR) is 68.5 cm³/mol. The zero-order valence-electron chi connectivity index (χ0n) is 10.6. The molecule has 2 atom stereocenters. The molecule has 2 saturated heterocycles. The van der Waals surface area contributed by atoms with Crippen LogP contribution in [0.2, 0.25) is 0 Å². The van der Waals surface area contributed by atoms with E-state index in [0.29, 0.717) is 25.0 Å². The molecule has 0 spiro atoms. The fourth-order valence-corrected chi connectivity index (χ4v) is 3.06. The van der Waals surface area contributed by atoms with Crippen molar-refractivity contribution in [1.29, 1.82) is 0 Å². The van der Waals surface area contributed by atoms with E-state index in [1.165, 1.54) is 6.07 Å². The summed E-state index contributed by atoms with van der Waals surface area (Å²) in [5, 5.41) is 13.1. The summed E-state index contributed by atoms with van der Waals surface area (Å²) < 4.78 is 13.2. The van der Waals surface area contributed by atoms with Crippen LogP contribution in [0.5, 0.6) is 5.75 Å². The molecule has 0 saturated carbocycles. The third-order valence-corrected chi connectivity index (χ3v) is 4.08. The molecule has 3 rings (SSSR count). The van der Waals surface area contributed by atoms with Crippen molar-refractivity contribution in [3.05, 3.63) is 29.6 Å². The normalized spacial score (nSPS) is 26.3. The topological polar surface area (TPSA) is 52.6 Å². The van der Waals surface area contributed by atoms with Gasteiger partial charge in [0.15, 0.2) is 0 Å². The van der Waals surface area contributed by atoms with Crippen molar-refractivity contribution in [3.63, 3.8) is 0 Å². The van der Waals surface area contributed by atoms with Crippen molar-refractivity contribution in [1.82, 2.24) is 10.2 Å². The van der Waals surface area contributed by atoms with Crippen LogP contribution in [-0.2, 0) is 0 Å². The fourth-order valence-electron chi connectivity index (χ4n) is 3.06. The largest absolute Gasteiger partial charge is 0.507 e. The average Bonchev–Trinajstić information content (AvgIpc) is 2.84. The van der Waals surface area contributed by atoms with Gasteiger partial charge < -0.3 is 15.3 Å². The Hall–Kier alpha value is -1.62. The Bertz CT molecular complexity index is 492. The highest BCUT2D eigenvalue weighted by atomic mass is 19.1. The first-order chi connectivity index (χ1) is 9.15. The van der Waals surface area contributed by atoms with Gasteiger partial charge in [-0.25, -0.2) is 4.39 Å². The highest BCUT2D eigenvalue weighted by Crippen LogP contribution is 2.28. The van der Waals surface area contributed by atoms with Crippen LogP contribution in [0.4, 0.5) is 4.39 Å². The molecule has 1 aromatic rings. The average molecular weight is 264 g/mol. The maximum Gasteiger partial charge on any atom is 0.257 e. The Morgan fingerprint density at radius 1 is 1.42 bits per heavy atom. The van der Waals surface area contributed by atoms with Gasteiger partial charge in [-0.05, 0) is 43.5 Å². The van der Waals surface area contributed by atoms with Crippen LogP contribution in [0, 0.1) is 11.7 Å². The van der Waals surface area contributed by atoms with Crippen molar-refractivity contribution in [3.8, 4) is 5.75 Å². The molecular weight excluding hydrogens is 247 g/mol. The molecule has 1 amide bonds. The van der Waals surface area contributed by atoms with Gasteiger partial charge in [0.25, 0.3) is 5.91 Å². The molecule has 2 N–H and O–H groups in total. The molecule has 0 aliphatic carbocycles. The maximum absolute atomic E-state index is 13.2. The number of aromatic hydroxyl groups is 1. The number of nitrogens with one attached hydrogen (secondary N) is 1. The number of hydrogen-bond acceptors (Lipinski definition) is 3. The van der Waals surface area contributed by atoms with E-state index in [1.54, 1.807) is 4.90 Å². The van der Waals surface area contributed by atoms with Gasteiger partial charge in [-0.1, -0.05) is 0 Å². The molecule has 1 aromatic carbocycles. The Morgan fingerprint density at radius 2 is 2.26 bits per heavy atom. The summed E-state index contributed by atoms with van der Waals surface area (Å²) in [7, 11) is 0. The minimum atomic E-state index is -0.504. The van der Waals surface area contributed by atoms with Crippen LogP contribution in [0.3, 0.4) is 0 Å². The Labute approximate surface area is 111 Å². The standard InChI is InChI=1S/C14H17FN2O2/c15-10-3-4-13(18)11(6-10)14(19)17-7-9-2-1-5-16-12(9)8-17/h3-4,6,9,12,16,18H,1-2,5,7-8H2/t9-,12+/m0/s1. The summed E-state index contributed by atoms with van der Waals surface area (Å²) >= 11 is 0. The van der Waals surface area contributed by atoms with Crippen LogP contribution < -0.4 is 5.32 Å². The highest BCUT2D eigenvalue weighted by molar-refractivity contribution is 5.97. The molecule has 2 aliphatic heterocycles. The molecule has 2 aliphatic rings. The Kier molecular flexibility index (Phi) is 3.14. The molecule has 0 aromatic heterocycles. The molecule has 2 heterocycles. The molecule has 19 heavy (non-hydrogen) atoms. The van der Waals surface area contributed by atoms with Crippen LogP contribution in [-0.4, -0.2) is 41.6 Å².